The third-order valence-corrected chi connectivity index (χ3v) is 5.56. The van der Waals surface area contributed by atoms with E-state index in [4.69, 9.17) is 11.6 Å². The van der Waals surface area contributed by atoms with Crippen molar-refractivity contribution in [2.45, 2.75) is 20.4 Å². The summed E-state index contributed by atoms with van der Waals surface area (Å²) in [6.45, 7) is 3.35. The average Bonchev–Trinajstić information content (AvgIpc) is 3.01. The third kappa shape index (κ3) is 4.78. The molecule has 0 unspecified atom stereocenters. The molecule has 0 saturated carbocycles. The number of benzene rings is 2. The number of carbonyl (C=O) groups excluding carboxylic acids is 3. The Hall–Kier alpha value is -3.97. The fraction of sp³-hybridized carbons (Fsp3) is 0.120. The monoisotopic (exact) mass is 460 g/mol. The van der Waals surface area contributed by atoms with Gasteiger partial charge in [0.1, 0.15) is 5.70 Å². The van der Waals surface area contributed by atoms with Gasteiger partial charge in [-0.25, -0.2) is 0 Å². The van der Waals surface area contributed by atoms with Gasteiger partial charge in [-0.1, -0.05) is 35.9 Å². The van der Waals surface area contributed by atoms with Crippen LogP contribution >= 0.6 is 11.6 Å². The molecule has 166 valence electrons. The second kappa shape index (κ2) is 9.26. The number of amides is 3. The topological polar surface area (TPSA) is 91.4 Å². The zero-order chi connectivity index (χ0) is 23.5. The number of anilines is 2. The number of carbonyl (C=O) groups is 3. The van der Waals surface area contributed by atoms with Crippen LogP contribution in [0.3, 0.4) is 0 Å². The Kier molecular flexibility index (Phi) is 6.24. The Labute approximate surface area is 196 Å². The van der Waals surface area contributed by atoms with Crippen LogP contribution in [-0.2, 0) is 20.9 Å². The van der Waals surface area contributed by atoms with Gasteiger partial charge in [0.15, 0.2) is 0 Å². The molecule has 4 rings (SSSR count). The van der Waals surface area contributed by atoms with Crippen molar-refractivity contribution in [3.63, 3.8) is 0 Å². The highest BCUT2D eigenvalue weighted by Gasteiger charge is 2.39. The zero-order valence-electron chi connectivity index (χ0n) is 18.1. The molecular formula is C25H21ClN4O3. The number of hydrogen-bond acceptors (Lipinski definition) is 5. The molecule has 0 atom stereocenters. The van der Waals surface area contributed by atoms with Crippen LogP contribution in [0.15, 0.2) is 72.6 Å². The lowest BCUT2D eigenvalue weighted by atomic mass is 10.0. The van der Waals surface area contributed by atoms with Crippen molar-refractivity contribution in [3.8, 4) is 0 Å². The molecule has 2 heterocycles. The molecule has 0 saturated heterocycles. The Morgan fingerprint density at radius 1 is 1.00 bits per heavy atom. The molecule has 0 spiro atoms. The first kappa shape index (κ1) is 22.2. The average molecular weight is 461 g/mol. The highest BCUT2D eigenvalue weighted by atomic mass is 35.5. The van der Waals surface area contributed by atoms with Gasteiger partial charge < -0.3 is 10.6 Å². The van der Waals surface area contributed by atoms with E-state index in [1.807, 2.05) is 13.0 Å². The zero-order valence-corrected chi connectivity index (χ0v) is 18.8. The van der Waals surface area contributed by atoms with Crippen molar-refractivity contribution in [2.24, 2.45) is 0 Å². The Balaban J connectivity index is 1.73. The second-order valence-corrected chi connectivity index (χ2v) is 8.02. The van der Waals surface area contributed by atoms with Crippen LogP contribution in [-0.4, -0.2) is 27.6 Å². The number of pyridine rings is 1. The van der Waals surface area contributed by atoms with Crippen molar-refractivity contribution >= 4 is 46.3 Å². The molecule has 2 aromatic carbocycles. The van der Waals surface area contributed by atoms with Gasteiger partial charge in [-0.15, -0.1) is 0 Å². The molecule has 0 aliphatic carbocycles. The number of aromatic nitrogens is 1. The van der Waals surface area contributed by atoms with Gasteiger partial charge in [0.25, 0.3) is 11.8 Å². The highest BCUT2D eigenvalue weighted by Crippen LogP contribution is 2.32. The summed E-state index contributed by atoms with van der Waals surface area (Å²) in [4.78, 5) is 43.4. The molecule has 7 nitrogen and oxygen atoms in total. The van der Waals surface area contributed by atoms with Crippen LogP contribution in [0.25, 0.3) is 5.57 Å². The van der Waals surface area contributed by atoms with E-state index in [0.29, 0.717) is 27.7 Å². The predicted octanol–water partition coefficient (Wildman–Crippen LogP) is 4.39. The van der Waals surface area contributed by atoms with Crippen LogP contribution in [0, 0.1) is 6.92 Å². The van der Waals surface area contributed by atoms with E-state index in [1.165, 1.54) is 6.92 Å². The summed E-state index contributed by atoms with van der Waals surface area (Å²) in [7, 11) is 0. The lowest BCUT2D eigenvalue weighted by Crippen LogP contribution is -2.32. The van der Waals surface area contributed by atoms with Crippen LogP contribution in [0.2, 0.25) is 5.02 Å². The van der Waals surface area contributed by atoms with E-state index in [9.17, 15) is 14.4 Å². The van der Waals surface area contributed by atoms with Gasteiger partial charge in [-0.2, -0.15) is 0 Å². The molecular weight excluding hydrogens is 440 g/mol. The fourth-order valence-corrected chi connectivity index (χ4v) is 3.68. The van der Waals surface area contributed by atoms with Crippen molar-refractivity contribution < 1.29 is 14.4 Å². The smallest absolute Gasteiger partial charge is 0.278 e. The molecule has 0 radical (unpaired) electrons. The molecule has 0 bridgehead atoms. The molecule has 1 aliphatic rings. The fourth-order valence-electron chi connectivity index (χ4n) is 3.50. The number of rotatable bonds is 6. The van der Waals surface area contributed by atoms with Crippen LogP contribution in [0.5, 0.6) is 0 Å². The summed E-state index contributed by atoms with van der Waals surface area (Å²) < 4.78 is 0. The van der Waals surface area contributed by atoms with Crippen molar-refractivity contribution in [1.29, 1.82) is 0 Å². The van der Waals surface area contributed by atoms with Gasteiger partial charge >= 0.3 is 0 Å². The summed E-state index contributed by atoms with van der Waals surface area (Å²) in [5, 5.41) is 6.33. The molecule has 3 amide bonds. The minimum Gasteiger partial charge on any atom is -0.350 e. The normalized spacial score (nSPS) is 13.5. The highest BCUT2D eigenvalue weighted by molar-refractivity contribution is 6.36. The standard InChI is InChI=1S/C25H21ClN4O3/c1-15-6-9-19(13-21(15)26)29-23-22(17-7-10-18(11-8-17)28-16(2)31)24(32)30(25(23)33)14-20-5-3-4-12-27-20/h3-13,29H,14H2,1-2H3,(H,28,31). The van der Waals surface area contributed by atoms with E-state index < -0.39 is 11.8 Å². The first-order valence-corrected chi connectivity index (χ1v) is 10.6. The molecule has 0 fully saturated rings. The van der Waals surface area contributed by atoms with E-state index in [0.717, 1.165) is 10.5 Å². The van der Waals surface area contributed by atoms with E-state index in [2.05, 4.69) is 15.6 Å². The van der Waals surface area contributed by atoms with Gasteiger partial charge in [0.05, 0.1) is 17.8 Å². The SMILES string of the molecule is CC(=O)Nc1ccc(C2=C(Nc3ccc(C)c(Cl)c3)C(=O)N(Cc3ccccn3)C2=O)cc1. The summed E-state index contributed by atoms with van der Waals surface area (Å²) in [6, 6.07) is 17.4. The summed E-state index contributed by atoms with van der Waals surface area (Å²) in [5.74, 6) is -1.09. The van der Waals surface area contributed by atoms with Gasteiger partial charge in [-0.3, -0.25) is 24.3 Å². The van der Waals surface area contributed by atoms with Crippen molar-refractivity contribution in [3.05, 3.63) is 94.4 Å². The Morgan fingerprint density at radius 2 is 1.73 bits per heavy atom. The largest absolute Gasteiger partial charge is 0.350 e. The lowest BCUT2D eigenvalue weighted by Gasteiger charge is -2.15. The number of imide groups is 1. The molecule has 1 aromatic heterocycles. The maximum Gasteiger partial charge on any atom is 0.278 e. The van der Waals surface area contributed by atoms with E-state index >= 15 is 0 Å². The van der Waals surface area contributed by atoms with Crippen LogP contribution < -0.4 is 10.6 Å². The van der Waals surface area contributed by atoms with Crippen LogP contribution in [0.4, 0.5) is 11.4 Å². The lowest BCUT2D eigenvalue weighted by molar-refractivity contribution is -0.137. The number of nitrogens with one attached hydrogen (secondary N) is 2. The number of halogens is 1. The molecule has 1 aliphatic heterocycles. The molecule has 8 heteroatoms. The third-order valence-electron chi connectivity index (χ3n) is 5.15. The Morgan fingerprint density at radius 3 is 2.36 bits per heavy atom. The summed E-state index contributed by atoms with van der Waals surface area (Å²) in [5.41, 5.74) is 3.62. The second-order valence-electron chi connectivity index (χ2n) is 7.62. The molecule has 2 N–H and O–H groups in total. The van der Waals surface area contributed by atoms with Crippen molar-refractivity contribution in [1.82, 2.24) is 9.88 Å². The van der Waals surface area contributed by atoms with E-state index in [1.54, 1.807) is 60.8 Å². The Bertz CT molecular complexity index is 1270. The number of nitrogens with zero attached hydrogens (tertiary/aromatic N) is 2. The van der Waals surface area contributed by atoms with Gasteiger partial charge in [0.2, 0.25) is 5.91 Å². The van der Waals surface area contributed by atoms with Crippen molar-refractivity contribution in [2.75, 3.05) is 10.6 Å². The molecule has 33 heavy (non-hydrogen) atoms. The molecule has 3 aromatic rings. The summed E-state index contributed by atoms with van der Waals surface area (Å²) in [6.07, 6.45) is 1.61. The summed E-state index contributed by atoms with van der Waals surface area (Å²) >= 11 is 6.25. The number of aryl methyl sites for hydroxylation is 1. The quantitative estimate of drug-likeness (QED) is 0.532. The predicted molar refractivity (Wildman–Crippen MR) is 127 cm³/mol. The maximum atomic E-state index is 13.4. The van der Waals surface area contributed by atoms with Crippen LogP contribution in [0.1, 0.15) is 23.7 Å². The first-order chi connectivity index (χ1) is 15.8. The minimum atomic E-state index is -0.455. The first-order valence-electron chi connectivity index (χ1n) is 10.2. The maximum absolute atomic E-state index is 13.4. The minimum absolute atomic E-state index is 0.0474. The van der Waals surface area contributed by atoms with Gasteiger partial charge in [0, 0.05) is 29.5 Å². The van der Waals surface area contributed by atoms with Gasteiger partial charge in [-0.05, 0) is 54.4 Å². The van der Waals surface area contributed by atoms with E-state index in [-0.39, 0.29) is 23.7 Å². The number of hydrogen-bond donors (Lipinski definition) is 2.